The zero-order chi connectivity index (χ0) is 16.2. The Morgan fingerprint density at radius 1 is 1.22 bits per heavy atom. The molecule has 2 aromatic rings. The molecule has 6 heteroatoms. The number of aliphatic carboxylic acids is 1. The number of amides is 1. The van der Waals surface area contributed by atoms with Crippen LogP contribution in [-0.4, -0.2) is 23.0 Å². The highest BCUT2D eigenvalue weighted by atomic mass is 16.5. The molecule has 0 unspecified atom stereocenters. The summed E-state index contributed by atoms with van der Waals surface area (Å²) in [5, 5.41) is 11.6. The fraction of sp³-hybridized carbons (Fsp3) is 0.294. The first kappa shape index (κ1) is 15.1. The maximum atomic E-state index is 12.2. The van der Waals surface area contributed by atoms with Gasteiger partial charge in [-0.05, 0) is 31.0 Å². The maximum Gasteiger partial charge on any atom is 0.306 e. The van der Waals surface area contributed by atoms with Crippen LogP contribution >= 0.6 is 0 Å². The van der Waals surface area contributed by atoms with Crippen molar-refractivity contribution < 1.29 is 23.8 Å². The fourth-order valence-electron chi connectivity index (χ4n) is 2.51. The van der Waals surface area contributed by atoms with Crippen LogP contribution in [0.5, 0.6) is 5.75 Å². The first-order chi connectivity index (χ1) is 11.1. The van der Waals surface area contributed by atoms with Gasteiger partial charge < -0.3 is 19.6 Å². The first-order valence-electron chi connectivity index (χ1n) is 7.41. The van der Waals surface area contributed by atoms with Gasteiger partial charge in [0.25, 0.3) is 5.91 Å². The summed E-state index contributed by atoms with van der Waals surface area (Å²) < 4.78 is 10.9. The minimum atomic E-state index is -0.814. The number of benzene rings is 1. The molecule has 3 rings (SSSR count). The van der Waals surface area contributed by atoms with Crippen LogP contribution in [0.15, 0.2) is 47.1 Å². The van der Waals surface area contributed by atoms with Crippen LogP contribution in [0.2, 0.25) is 0 Å². The van der Waals surface area contributed by atoms with Gasteiger partial charge >= 0.3 is 5.97 Å². The van der Waals surface area contributed by atoms with E-state index in [1.54, 1.807) is 6.07 Å². The van der Waals surface area contributed by atoms with Crippen molar-refractivity contribution in [3.8, 4) is 5.75 Å². The van der Waals surface area contributed by atoms with Gasteiger partial charge in [-0.2, -0.15) is 0 Å². The molecule has 1 fully saturated rings. The van der Waals surface area contributed by atoms with Crippen LogP contribution in [-0.2, 0) is 11.4 Å². The Morgan fingerprint density at radius 2 is 1.96 bits per heavy atom. The summed E-state index contributed by atoms with van der Waals surface area (Å²) in [5.41, 5.74) is 0.653. The Bertz CT molecular complexity index is 688. The molecule has 120 valence electrons. The summed E-state index contributed by atoms with van der Waals surface area (Å²) in [6.07, 6.45) is 2.36. The minimum Gasteiger partial charge on any atom is -0.489 e. The topological polar surface area (TPSA) is 88.8 Å². The monoisotopic (exact) mass is 315 g/mol. The van der Waals surface area contributed by atoms with Gasteiger partial charge in [0.2, 0.25) is 0 Å². The molecule has 0 radical (unpaired) electrons. The highest BCUT2D eigenvalue weighted by molar-refractivity contribution is 5.93. The average Bonchev–Trinajstić information content (AvgIpc) is 2.97. The van der Waals surface area contributed by atoms with Gasteiger partial charge in [0.05, 0.1) is 12.2 Å². The first-order valence-corrected chi connectivity index (χ1v) is 7.41. The van der Waals surface area contributed by atoms with Crippen LogP contribution in [0, 0.1) is 5.92 Å². The molecular weight excluding hydrogens is 298 g/mol. The van der Waals surface area contributed by atoms with E-state index in [-0.39, 0.29) is 30.2 Å². The van der Waals surface area contributed by atoms with Crippen molar-refractivity contribution in [2.75, 3.05) is 0 Å². The molecule has 2 N–H and O–H groups in total. The quantitative estimate of drug-likeness (QED) is 0.855. The van der Waals surface area contributed by atoms with E-state index in [1.807, 2.05) is 30.3 Å². The van der Waals surface area contributed by atoms with Gasteiger partial charge in [-0.15, -0.1) is 0 Å². The van der Waals surface area contributed by atoms with Gasteiger partial charge in [-0.25, -0.2) is 0 Å². The number of hydrogen-bond acceptors (Lipinski definition) is 4. The van der Waals surface area contributed by atoms with Gasteiger partial charge in [-0.1, -0.05) is 18.2 Å². The van der Waals surface area contributed by atoms with E-state index in [9.17, 15) is 9.59 Å². The van der Waals surface area contributed by atoms with Crippen molar-refractivity contribution in [3.63, 3.8) is 0 Å². The van der Waals surface area contributed by atoms with Crippen molar-refractivity contribution in [2.45, 2.75) is 25.5 Å². The Kier molecular flexibility index (Phi) is 4.32. The summed E-state index contributed by atoms with van der Waals surface area (Å²) in [5.74, 6) is -0.596. The predicted molar refractivity (Wildman–Crippen MR) is 81.1 cm³/mol. The predicted octanol–water partition coefficient (Wildman–Crippen LogP) is 2.45. The Labute approximate surface area is 133 Å². The highest BCUT2D eigenvalue weighted by Crippen LogP contribution is 2.28. The van der Waals surface area contributed by atoms with Crippen LogP contribution in [0.1, 0.15) is 29.0 Å². The Balaban J connectivity index is 1.55. The lowest BCUT2D eigenvalue weighted by molar-refractivity contribution is -0.145. The molecule has 0 spiro atoms. The normalized spacial score (nSPS) is 19.7. The third kappa shape index (κ3) is 3.53. The number of ether oxygens (including phenoxy) is 1. The van der Waals surface area contributed by atoms with Crippen LogP contribution in [0.25, 0.3) is 0 Å². The number of rotatable bonds is 6. The second-order valence-electron chi connectivity index (χ2n) is 5.55. The van der Waals surface area contributed by atoms with Crippen molar-refractivity contribution in [2.24, 2.45) is 5.92 Å². The molecule has 0 atom stereocenters. The van der Waals surface area contributed by atoms with Crippen molar-refractivity contribution >= 4 is 11.9 Å². The van der Waals surface area contributed by atoms with E-state index in [0.717, 1.165) is 0 Å². The molecule has 0 bridgehead atoms. The minimum absolute atomic E-state index is 0.114. The van der Waals surface area contributed by atoms with Crippen LogP contribution in [0.4, 0.5) is 0 Å². The number of carboxylic acid groups (broad SMARTS) is 1. The number of carbonyl (C=O) groups is 2. The summed E-state index contributed by atoms with van der Waals surface area (Å²) in [4.78, 5) is 23.0. The second-order valence-corrected chi connectivity index (χ2v) is 5.55. The maximum absolute atomic E-state index is 12.2. The van der Waals surface area contributed by atoms with Crippen molar-refractivity contribution in [3.05, 3.63) is 54.0 Å². The third-order valence-corrected chi connectivity index (χ3v) is 3.91. The molecule has 6 nitrogen and oxygen atoms in total. The number of furan rings is 1. The zero-order valence-corrected chi connectivity index (χ0v) is 12.4. The largest absolute Gasteiger partial charge is 0.489 e. The van der Waals surface area contributed by atoms with Gasteiger partial charge in [0.15, 0.2) is 5.76 Å². The summed E-state index contributed by atoms with van der Waals surface area (Å²) >= 11 is 0. The Morgan fingerprint density at radius 3 is 2.65 bits per heavy atom. The van der Waals surface area contributed by atoms with E-state index in [4.69, 9.17) is 14.3 Å². The van der Waals surface area contributed by atoms with Crippen molar-refractivity contribution in [1.29, 1.82) is 0 Å². The average molecular weight is 315 g/mol. The molecule has 1 saturated carbocycles. The van der Waals surface area contributed by atoms with Crippen molar-refractivity contribution in [1.82, 2.24) is 5.32 Å². The third-order valence-electron chi connectivity index (χ3n) is 3.91. The molecular formula is C17H17NO5. The van der Waals surface area contributed by atoms with E-state index < -0.39 is 5.97 Å². The zero-order valence-electron chi connectivity index (χ0n) is 12.4. The van der Waals surface area contributed by atoms with Crippen LogP contribution < -0.4 is 10.1 Å². The number of carbonyl (C=O) groups excluding carboxylic acids is 1. The number of para-hydroxylation sites is 1. The number of hydrogen-bond donors (Lipinski definition) is 2. The summed E-state index contributed by atoms with van der Waals surface area (Å²) in [6.45, 7) is 0.228. The SMILES string of the molecule is O=C(NC1CC(C(=O)O)C1)c1occc1COc1ccccc1. The van der Waals surface area contributed by atoms with E-state index >= 15 is 0 Å². The molecule has 1 aliphatic carbocycles. The van der Waals surface area contributed by atoms with E-state index in [0.29, 0.717) is 24.2 Å². The summed E-state index contributed by atoms with van der Waals surface area (Å²) in [6, 6.07) is 10.9. The van der Waals surface area contributed by atoms with Gasteiger partial charge in [0.1, 0.15) is 12.4 Å². The lowest BCUT2D eigenvalue weighted by Crippen LogP contribution is -2.46. The lowest BCUT2D eigenvalue weighted by atomic mass is 9.80. The summed E-state index contributed by atoms with van der Waals surface area (Å²) in [7, 11) is 0. The number of nitrogens with one attached hydrogen (secondary N) is 1. The smallest absolute Gasteiger partial charge is 0.306 e. The van der Waals surface area contributed by atoms with E-state index in [2.05, 4.69) is 5.32 Å². The molecule has 1 heterocycles. The molecule has 1 aromatic heterocycles. The molecule has 0 saturated heterocycles. The fourth-order valence-corrected chi connectivity index (χ4v) is 2.51. The number of carboxylic acids is 1. The Hall–Kier alpha value is -2.76. The molecule has 1 aliphatic rings. The molecule has 23 heavy (non-hydrogen) atoms. The molecule has 1 amide bonds. The second kappa shape index (κ2) is 6.56. The highest BCUT2D eigenvalue weighted by Gasteiger charge is 2.36. The standard InChI is InChI=1S/C17H17NO5/c19-16(18-13-8-12(9-13)17(20)21)15-11(6-7-22-15)10-23-14-4-2-1-3-5-14/h1-7,12-13H,8-10H2,(H,18,19)(H,20,21). The lowest BCUT2D eigenvalue weighted by Gasteiger charge is -2.32. The van der Waals surface area contributed by atoms with Crippen LogP contribution in [0.3, 0.4) is 0 Å². The van der Waals surface area contributed by atoms with Gasteiger partial charge in [-0.3, -0.25) is 9.59 Å². The van der Waals surface area contributed by atoms with E-state index in [1.165, 1.54) is 6.26 Å². The van der Waals surface area contributed by atoms with Gasteiger partial charge in [0, 0.05) is 11.6 Å². The molecule has 1 aromatic carbocycles. The molecule has 0 aliphatic heterocycles.